The highest BCUT2D eigenvalue weighted by atomic mass is 35.5. The summed E-state index contributed by atoms with van der Waals surface area (Å²) in [5, 5.41) is 3.88. The van der Waals surface area contributed by atoms with Gasteiger partial charge in [0.2, 0.25) is 0 Å². The van der Waals surface area contributed by atoms with Crippen molar-refractivity contribution in [1.82, 2.24) is 9.13 Å². The van der Waals surface area contributed by atoms with E-state index < -0.39 is 15.8 Å². The molecule has 0 fully saturated rings. The van der Waals surface area contributed by atoms with Crippen LogP contribution in [0, 0.1) is 13.8 Å². The van der Waals surface area contributed by atoms with E-state index in [4.69, 9.17) is 20.5 Å². The zero-order valence-corrected chi connectivity index (χ0v) is 12.5. The van der Waals surface area contributed by atoms with Crippen LogP contribution in [0.3, 0.4) is 0 Å². The molecule has 0 aliphatic rings. The summed E-state index contributed by atoms with van der Waals surface area (Å²) < 4.78 is 35.8. The number of aromatic nitrogens is 2. The monoisotopic (exact) mass is 328 g/mol. The summed E-state index contributed by atoms with van der Waals surface area (Å²) in [4.78, 5) is 11.8. The van der Waals surface area contributed by atoms with E-state index in [9.17, 15) is 13.2 Å². The van der Waals surface area contributed by atoms with Gasteiger partial charge in [-0.3, -0.25) is 0 Å². The molecular formula is C12H9ClN2O5S. The summed E-state index contributed by atoms with van der Waals surface area (Å²) >= 11 is 5.85. The van der Waals surface area contributed by atoms with E-state index in [-0.39, 0.29) is 32.5 Å². The van der Waals surface area contributed by atoms with Gasteiger partial charge in [-0.15, -0.1) is 0 Å². The Morgan fingerprint density at radius 1 is 1.29 bits per heavy atom. The van der Waals surface area contributed by atoms with E-state index in [2.05, 4.69) is 5.16 Å². The summed E-state index contributed by atoms with van der Waals surface area (Å²) in [7, 11) is -4.19. The molecule has 110 valence electrons. The average Bonchev–Trinajstić information content (AvgIpc) is 2.88. The summed E-state index contributed by atoms with van der Waals surface area (Å²) in [5.41, 5.74) is 0.350. The number of oxazole rings is 1. The Hall–Kier alpha value is -2.06. The normalized spacial score (nSPS) is 12.1. The Bertz CT molecular complexity index is 993. The fourth-order valence-corrected chi connectivity index (χ4v) is 3.93. The van der Waals surface area contributed by atoms with Crippen LogP contribution >= 0.6 is 11.6 Å². The lowest BCUT2D eigenvalue weighted by Crippen LogP contribution is -2.24. The molecule has 3 aromatic rings. The van der Waals surface area contributed by atoms with Crippen LogP contribution in [0.5, 0.6) is 0 Å². The predicted octanol–water partition coefficient (Wildman–Crippen LogP) is 2.09. The minimum absolute atomic E-state index is 0.0625. The Labute approximate surface area is 123 Å². The highest BCUT2D eigenvalue weighted by Gasteiger charge is 2.30. The SMILES string of the molecule is Cc1noc(C)c1S(=O)(=O)n1c(=O)oc2ccc(Cl)cc21. The van der Waals surface area contributed by atoms with Crippen LogP contribution in [0.2, 0.25) is 5.02 Å². The molecule has 0 amide bonds. The van der Waals surface area contributed by atoms with Crippen LogP contribution in [-0.2, 0) is 10.0 Å². The van der Waals surface area contributed by atoms with Gasteiger partial charge in [-0.2, -0.15) is 3.97 Å². The second-order valence-electron chi connectivity index (χ2n) is 4.40. The number of halogens is 1. The molecule has 21 heavy (non-hydrogen) atoms. The molecule has 9 heteroatoms. The molecule has 0 radical (unpaired) electrons. The van der Waals surface area contributed by atoms with Crippen molar-refractivity contribution in [1.29, 1.82) is 0 Å². The fourth-order valence-electron chi connectivity index (χ4n) is 2.13. The summed E-state index contributed by atoms with van der Waals surface area (Å²) in [6.07, 6.45) is 0. The number of fused-ring (bicyclic) bond motifs is 1. The number of hydrogen-bond acceptors (Lipinski definition) is 6. The minimum atomic E-state index is -4.19. The lowest BCUT2D eigenvalue weighted by Gasteiger charge is -2.03. The van der Waals surface area contributed by atoms with E-state index in [1.54, 1.807) is 0 Å². The van der Waals surface area contributed by atoms with Gasteiger partial charge >= 0.3 is 5.76 Å². The minimum Gasteiger partial charge on any atom is -0.407 e. The van der Waals surface area contributed by atoms with Gasteiger partial charge in [0.15, 0.2) is 16.2 Å². The molecule has 0 unspecified atom stereocenters. The molecule has 0 spiro atoms. The first-order valence-electron chi connectivity index (χ1n) is 5.82. The second kappa shape index (κ2) is 4.47. The lowest BCUT2D eigenvalue weighted by molar-refractivity contribution is 0.390. The molecule has 0 atom stereocenters. The molecule has 0 aliphatic heterocycles. The predicted molar refractivity (Wildman–Crippen MR) is 74.0 cm³/mol. The number of benzene rings is 1. The van der Waals surface area contributed by atoms with Crippen LogP contribution in [0.25, 0.3) is 11.1 Å². The third kappa shape index (κ3) is 1.98. The Morgan fingerprint density at radius 3 is 2.62 bits per heavy atom. The van der Waals surface area contributed by atoms with Crippen molar-refractivity contribution in [2.75, 3.05) is 0 Å². The van der Waals surface area contributed by atoms with Gasteiger partial charge in [0.05, 0.1) is 0 Å². The van der Waals surface area contributed by atoms with Crippen molar-refractivity contribution in [3.05, 3.63) is 45.2 Å². The molecule has 0 bridgehead atoms. The number of nitrogens with zero attached hydrogens (tertiary/aromatic N) is 2. The van der Waals surface area contributed by atoms with Gasteiger partial charge in [0, 0.05) is 5.02 Å². The summed E-state index contributed by atoms with van der Waals surface area (Å²) in [6, 6.07) is 4.27. The third-order valence-electron chi connectivity index (χ3n) is 2.97. The van der Waals surface area contributed by atoms with Crippen molar-refractivity contribution in [2.45, 2.75) is 18.7 Å². The zero-order valence-electron chi connectivity index (χ0n) is 11.0. The molecule has 3 rings (SSSR count). The van der Waals surface area contributed by atoms with Gasteiger partial charge in [-0.05, 0) is 32.0 Å². The van der Waals surface area contributed by atoms with E-state index in [0.29, 0.717) is 3.97 Å². The van der Waals surface area contributed by atoms with Gasteiger partial charge in [-0.1, -0.05) is 16.8 Å². The quantitative estimate of drug-likeness (QED) is 0.714. The summed E-state index contributed by atoms with van der Waals surface area (Å²) in [6.45, 7) is 2.93. The van der Waals surface area contributed by atoms with Gasteiger partial charge in [0.1, 0.15) is 11.2 Å². The van der Waals surface area contributed by atoms with Crippen molar-refractivity contribution < 1.29 is 17.4 Å². The molecule has 0 saturated heterocycles. The van der Waals surface area contributed by atoms with Gasteiger partial charge in [0.25, 0.3) is 10.0 Å². The molecule has 2 heterocycles. The lowest BCUT2D eigenvalue weighted by atomic mass is 10.3. The maximum absolute atomic E-state index is 12.7. The standard InChI is InChI=1S/C12H9ClN2O5S/c1-6-11(7(2)20-14-6)21(17,18)15-9-5-8(13)3-4-10(9)19-12(15)16/h3-5H,1-2H3. The van der Waals surface area contributed by atoms with E-state index in [0.717, 1.165) is 0 Å². The summed E-state index contributed by atoms with van der Waals surface area (Å²) in [5.74, 6) is -0.928. The number of aryl methyl sites for hydroxylation is 2. The molecule has 0 aliphatic carbocycles. The molecule has 2 aromatic heterocycles. The Balaban J connectivity index is 2.42. The van der Waals surface area contributed by atoms with Gasteiger partial charge in [-0.25, -0.2) is 13.2 Å². The maximum Gasteiger partial charge on any atom is 0.434 e. The molecule has 0 N–H and O–H groups in total. The first-order valence-corrected chi connectivity index (χ1v) is 7.63. The average molecular weight is 329 g/mol. The first kappa shape index (κ1) is 13.9. The van der Waals surface area contributed by atoms with E-state index in [1.165, 1.54) is 32.0 Å². The van der Waals surface area contributed by atoms with Crippen molar-refractivity contribution >= 4 is 32.7 Å². The van der Waals surface area contributed by atoms with Crippen LogP contribution in [0.15, 0.2) is 36.8 Å². The van der Waals surface area contributed by atoms with Crippen LogP contribution in [0.4, 0.5) is 0 Å². The maximum atomic E-state index is 12.7. The van der Waals surface area contributed by atoms with Crippen LogP contribution in [0.1, 0.15) is 11.5 Å². The molecule has 7 nitrogen and oxygen atoms in total. The second-order valence-corrected chi connectivity index (χ2v) is 6.56. The Morgan fingerprint density at radius 2 is 2.00 bits per heavy atom. The van der Waals surface area contributed by atoms with Gasteiger partial charge < -0.3 is 8.94 Å². The molecule has 0 saturated carbocycles. The highest BCUT2D eigenvalue weighted by Crippen LogP contribution is 2.25. The zero-order chi connectivity index (χ0) is 15.4. The topological polar surface area (TPSA) is 95.3 Å². The van der Waals surface area contributed by atoms with E-state index >= 15 is 0 Å². The van der Waals surface area contributed by atoms with Crippen molar-refractivity contribution in [2.24, 2.45) is 0 Å². The smallest absolute Gasteiger partial charge is 0.407 e. The first-order chi connectivity index (χ1) is 9.82. The van der Waals surface area contributed by atoms with Crippen LogP contribution in [-0.4, -0.2) is 17.5 Å². The number of hydrogen-bond donors (Lipinski definition) is 0. The van der Waals surface area contributed by atoms with E-state index in [1.807, 2.05) is 0 Å². The number of rotatable bonds is 2. The fraction of sp³-hybridized carbons (Fsp3) is 0.167. The largest absolute Gasteiger partial charge is 0.434 e. The molecule has 1 aromatic carbocycles. The highest BCUT2D eigenvalue weighted by molar-refractivity contribution is 7.90. The molecular weight excluding hydrogens is 320 g/mol. The van der Waals surface area contributed by atoms with Crippen molar-refractivity contribution in [3.8, 4) is 0 Å². The van der Waals surface area contributed by atoms with Crippen LogP contribution < -0.4 is 5.76 Å². The third-order valence-corrected chi connectivity index (χ3v) is 5.13. The Kier molecular flexibility index (Phi) is 2.96. The van der Waals surface area contributed by atoms with Crippen molar-refractivity contribution in [3.63, 3.8) is 0 Å².